The van der Waals surface area contributed by atoms with Crippen LogP contribution >= 0.6 is 15.9 Å². The van der Waals surface area contributed by atoms with Gasteiger partial charge in [0.15, 0.2) is 0 Å². The van der Waals surface area contributed by atoms with Gasteiger partial charge in [-0.05, 0) is 40.9 Å². The largest absolute Gasteiger partial charge is 0.371 e. The van der Waals surface area contributed by atoms with Crippen LogP contribution in [0.15, 0.2) is 16.6 Å². The average molecular weight is 323 g/mol. The fraction of sp³-hybridized carbons (Fsp3) is 0.429. The summed E-state index contributed by atoms with van der Waals surface area (Å²) in [5, 5.41) is 2.62. The Morgan fingerprint density at radius 3 is 2.63 bits per heavy atom. The van der Waals surface area contributed by atoms with Crippen LogP contribution in [0.1, 0.15) is 36.0 Å². The number of rotatable bonds is 2. The fourth-order valence-corrected chi connectivity index (χ4v) is 3.54. The summed E-state index contributed by atoms with van der Waals surface area (Å²) in [5.41, 5.74) is 2.11. The Balaban J connectivity index is 1.97. The predicted octanol–water partition coefficient (Wildman–Crippen LogP) is 2.96. The number of nitrogens with zero attached hydrogens (tertiary/aromatic N) is 1. The summed E-state index contributed by atoms with van der Waals surface area (Å²) in [4.78, 5) is 25.3. The van der Waals surface area contributed by atoms with E-state index < -0.39 is 11.7 Å². The third kappa shape index (κ3) is 2.06. The lowest BCUT2D eigenvalue weighted by atomic mass is 10.1. The number of amides is 1. The van der Waals surface area contributed by atoms with E-state index in [-0.39, 0.29) is 0 Å². The maximum atomic E-state index is 11.6. The van der Waals surface area contributed by atoms with Gasteiger partial charge in [-0.25, -0.2) is 0 Å². The molecule has 1 fully saturated rings. The lowest BCUT2D eigenvalue weighted by molar-refractivity contribution is -0.112. The SMILES string of the molecule is CN(c1cc2c(cc1Br)C(=O)C(=O)N2)C1CCCC1. The van der Waals surface area contributed by atoms with E-state index in [2.05, 4.69) is 33.2 Å². The zero-order chi connectivity index (χ0) is 13.6. The molecule has 0 spiro atoms. The van der Waals surface area contributed by atoms with Gasteiger partial charge in [0.05, 0.1) is 16.9 Å². The molecule has 0 bridgehead atoms. The van der Waals surface area contributed by atoms with Crippen molar-refractivity contribution in [3.05, 3.63) is 22.2 Å². The molecule has 100 valence electrons. The molecule has 5 heteroatoms. The number of carbonyl (C=O) groups excluding carboxylic acids is 2. The minimum Gasteiger partial charge on any atom is -0.371 e. The molecule has 0 radical (unpaired) electrons. The molecular formula is C14H15BrN2O2. The zero-order valence-electron chi connectivity index (χ0n) is 10.7. The summed E-state index contributed by atoms with van der Waals surface area (Å²) in [6.45, 7) is 0. The Hall–Kier alpha value is -1.36. The van der Waals surface area contributed by atoms with Crippen molar-refractivity contribution >= 4 is 39.0 Å². The fourth-order valence-electron chi connectivity index (χ4n) is 2.91. The van der Waals surface area contributed by atoms with Crippen molar-refractivity contribution in [2.45, 2.75) is 31.7 Å². The molecule has 1 aromatic carbocycles. The average Bonchev–Trinajstić information content (AvgIpc) is 3.00. The number of Topliss-reactive ketones (excluding diaryl/α,β-unsaturated/α-hetero) is 1. The number of anilines is 2. The number of ketones is 1. The van der Waals surface area contributed by atoms with E-state index in [4.69, 9.17) is 0 Å². The quantitative estimate of drug-likeness (QED) is 0.851. The maximum absolute atomic E-state index is 11.6. The summed E-state index contributed by atoms with van der Waals surface area (Å²) in [5.74, 6) is -0.992. The lowest BCUT2D eigenvalue weighted by Crippen LogP contribution is -2.29. The molecule has 0 aromatic heterocycles. The molecule has 1 N–H and O–H groups in total. The number of nitrogens with one attached hydrogen (secondary N) is 1. The van der Waals surface area contributed by atoms with Gasteiger partial charge in [-0.1, -0.05) is 12.8 Å². The number of hydrogen-bond acceptors (Lipinski definition) is 3. The van der Waals surface area contributed by atoms with E-state index in [1.165, 1.54) is 25.7 Å². The summed E-state index contributed by atoms with van der Waals surface area (Å²) in [6.07, 6.45) is 4.94. The molecule has 0 unspecified atom stereocenters. The van der Waals surface area contributed by atoms with Crippen LogP contribution in [-0.4, -0.2) is 24.8 Å². The second-order valence-electron chi connectivity index (χ2n) is 5.18. The first kappa shape index (κ1) is 12.7. The third-order valence-corrected chi connectivity index (χ3v) is 4.67. The van der Waals surface area contributed by atoms with Crippen LogP contribution in [0.5, 0.6) is 0 Å². The van der Waals surface area contributed by atoms with Crippen LogP contribution in [0.3, 0.4) is 0 Å². The highest BCUT2D eigenvalue weighted by Gasteiger charge is 2.30. The Kier molecular flexibility index (Phi) is 3.09. The number of fused-ring (bicyclic) bond motifs is 1. The predicted molar refractivity (Wildman–Crippen MR) is 77.8 cm³/mol. The van der Waals surface area contributed by atoms with Crippen molar-refractivity contribution in [1.82, 2.24) is 0 Å². The Morgan fingerprint density at radius 2 is 1.95 bits per heavy atom. The van der Waals surface area contributed by atoms with Gasteiger partial charge in [0.25, 0.3) is 11.7 Å². The van der Waals surface area contributed by atoms with Gasteiger partial charge in [0.1, 0.15) is 0 Å². The smallest absolute Gasteiger partial charge is 0.296 e. The van der Waals surface area contributed by atoms with E-state index in [9.17, 15) is 9.59 Å². The molecule has 2 aliphatic rings. The summed E-state index contributed by atoms with van der Waals surface area (Å²) in [7, 11) is 2.07. The van der Waals surface area contributed by atoms with Crippen molar-refractivity contribution in [2.24, 2.45) is 0 Å². The topological polar surface area (TPSA) is 49.4 Å². The minimum atomic E-state index is -0.539. The first-order valence-electron chi connectivity index (χ1n) is 6.50. The van der Waals surface area contributed by atoms with Gasteiger partial charge in [-0.3, -0.25) is 9.59 Å². The number of hydrogen-bond donors (Lipinski definition) is 1. The summed E-state index contributed by atoms with van der Waals surface area (Å²) >= 11 is 3.51. The van der Waals surface area contributed by atoms with Crippen LogP contribution in [0.25, 0.3) is 0 Å². The van der Waals surface area contributed by atoms with E-state index in [0.29, 0.717) is 17.3 Å². The molecule has 1 aromatic rings. The first-order valence-corrected chi connectivity index (χ1v) is 7.29. The highest BCUT2D eigenvalue weighted by atomic mass is 79.9. The molecule has 1 aliphatic heterocycles. The van der Waals surface area contributed by atoms with Crippen molar-refractivity contribution in [3.8, 4) is 0 Å². The molecule has 19 heavy (non-hydrogen) atoms. The molecule has 0 atom stereocenters. The van der Waals surface area contributed by atoms with E-state index in [1.54, 1.807) is 6.07 Å². The van der Waals surface area contributed by atoms with Crippen molar-refractivity contribution < 1.29 is 9.59 Å². The van der Waals surface area contributed by atoms with E-state index in [1.807, 2.05) is 6.07 Å². The Labute approximate surface area is 120 Å². The number of carbonyl (C=O) groups is 2. The standard InChI is InChI=1S/C14H15BrN2O2/c1-17(8-4-2-3-5-8)12-7-11-9(6-10(12)15)13(18)14(19)16-11/h6-8H,2-5H2,1H3,(H,16,18,19). The van der Waals surface area contributed by atoms with Gasteiger partial charge in [-0.2, -0.15) is 0 Å². The van der Waals surface area contributed by atoms with Crippen molar-refractivity contribution in [1.29, 1.82) is 0 Å². The van der Waals surface area contributed by atoms with Crippen molar-refractivity contribution in [2.75, 3.05) is 17.3 Å². The van der Waals surface area contributed by atoms with Gasteiger partial charge in [-0.15, -0.1) is 0 Å². The molecule has 1 aliphatic carbocycles. The first-order chi connectivity index (χ1) is 9.08. The van der Waals surface area contributed by atoms with Crippen LogP contribution in [0.4, 0.5) is 11.4 Å². The highest BCUT2D eigenvalue weighted by molar-refractivity contribution is 9.10. The maximum Gasteiger partial charge on any atom is 0.296 e. The van der Waals surface area contributed by atoms with E-state index >= 15 is 0 Å². The molecule has 1 heterocycles. The van der Waals surface area contributed by atoms with Crippen LogP contribution in [0.2, 0.25) is 0 Å². The second-order valence-corrected chi connectivity index (χ2v) is 6.04. The molecular weight excluding hydrogens is 308 g/mol. The van der Waals surface area contributed by atoms with Crippen LogP contribution < -0.4 is 10.2 Å². The Bertz CT molecular complexity index is 565. The Morgan fingerprint density at radius 1 is 1.26 bits per heavy atom. The van der Waals surface area contributed by atoms with E-state index in [0.717, 1.165) is 10.2 Å². The lowest BCUT2D eigenvalue weighted by Gasteiger charge is -2.28. The van der Waals surface area contributed by atoms with Gasteiger partial charge in [0, 0.05) is 17.6 Å². The molecule has 0 saturated heterocycles. The van der Waals surface area contributed by atoms with Gasteiger partial charge in [0.2, 0.25) is 0 Å². The molecule has 3 rings (SSSR count). The highest BCUT2D eigenvalue weighted by Crippen LogP contribution is 2.37. The second kappa shape index (κ2) is 4.63. The minimum absolute atomic E-state index is 0.453. The third-order valence-electron chi connectivity index (χ3n) is 4.04. The van der Waals surface area contributed by atoms with Crippen molar-refractivity contribution in [3.63, 3.8) is 0 Å². The van der Waals surface area contributed by atoms with Gasteiger partial charge < -0.3 is 10.2 Å². The molecule has 1 amide bonds. The van der Waals surface area contributed by atoms with Crippen LogP contribution in [0, 0.1) is 0 Å². The zero-order valence-corrected chi connectivity index (χ0v) is 12.3. The van der Waals surface area contributed by atoms with Crippen LogP contribution in [-0.2, 0) is 4.79 Å². The molecule has 4 nitrogen and oxygen atoms in total. The molecule has 1 saturated carbocycles. The van der Waals surface area contributed by atoms with Gasteiger partial charge >= 0.3 is 0 Å². The summed E-state index contributed by atoms with van der Waals surface area (Å²) < 4.78 is 0.866. The normalized spacial score (nSPS) is 18.6. The summed E-state index contributed by atoms with van der Waals surface area (Å²) in [6, 6.07) is 4.18. The monoisotopic (exact) mass is 322 g/mol. The number of halogens is 1. The number of benzene rings is 1.